The van der Waals surface area contributed by atoms with E-state index in [0.29, 0.717) is 10.6 Å². The van der Waals surface area contributed by atoms with Crippen molar-refractivity contribution in [2.24, 2.45) is 0 Å². The number of carbonyl (C=O) groups is 1. The van der Waals surface area contributed by atoms with Gasteiger partial charge in [0.05, 0.1) is 10.9 Å². The maximum Gasteiger partial charge on any atom is 0.243 e. The summed E-state index contributed by atoms with van der Waals surface area (Å²) in [5.41, 5.74) is 1.52. The molecule has 0 aromatic heterocycles. The van der Waals surface area contributed by atoms with Crippen LogP contribution in [0, 0.1) is 6.92 Å². The van der Waals surface area contributed by atoms with E-state index in [1.54, 1.807) is 31.2 Å². The fraction of sp³-hybridized carbons (Fsp3) is 0.235. The lowest BCUT2D eigenvalue weighted by molar-refractivity contribution is 0.0919. The van der Waals surface area contributed by atoms with Crippen molar-refractivity contribution in [1.82, 2.24) is 4.31 Å². The summed E-state index contributed by atoms with van der Waals surface area (Å²) in [7, 11) is -2.40. The molecule has 0 N–H and O–H groups in total. The van der Waals surface area contributed by atoms with Crippen molar-refractivity contribution < 1.29 is 13.2 Å². The van der Waals surface area contributed by atoms with Crippen LogP contribution in [0.4, 0.5) is 0 Å². The molecule has 1 atom stereocenters. The highest BCUT2D eigenvalue weighted by Crippen LogP contribution is 2.21. The molecule has 0 amide bonds. The third-order valence-corrected chi connectivity index (χ3v) is 5.89. The van der Waals surface area contributed by atoms with Gasteiger partial charge in [-0.15, -0.1) is 0 Å². The van der Waals surface area contributed by atoms with Crippen molar-refractivity contribution in [1.29, 1.82) is 0 Å². The number of halogens is 1. The maximum absolute atomic E-state index is 12.6. The number of Topliss-reactive ketones (excluding diaryl/α,β-unsaturated/α-hetero) is 1. The van der Waals surface area contributed by atoms with Gasteiger partial charge in [0.25, 0.3) is 0 Å². The zero-order chi connectivity index (χ0) is 17.2. The zero-order valence-electron chi connectivity index (χ0n) is 13.2. The number of benzene rings is 2. The van der Waals surface area contributed by atoms with Crippen LogP contribution in [-0.4, -0.2) is 31.6 Å². The third kappa shape index (κ3) is 3.80. The Labute approximate surface area is 141 Å². The molecule has 0 fully saturated rings. The zero-order valence-corrected chi connectivity index (χ0v) is 14.7. The largest absolute Gasteiger partial charge is 0.292 e. The van der Waals surface area contributed by atoms with Crippen LogP contribution >= 0.6 is 11.6 Å². The maximum atomic E-state index is 12.6. The SMILES string of the molecule is Cc1ccc(C(=O)C(C)N(C)S(=O)(=O)c2cccc(Cl)c2)cc1. The number of hydrogen-bond acceptors (Lipinski definition) is 3. The van der Waals surface area contributed by atoms with Gasteiger partial charge >= 0.3 is 0 Å². The highest BCUT2D eigenvalue weighted by Gasteiger charge is 2.30. The number of aryl methyl sites for hydroxylation is 1. The molecule has 2 aromatic rings. The fourth-order valence-electron chi connectivity index (χ4n) is 2.13. The Morgan fingerprint density at radius 2 is 1.74 bits per heavy atom. The highest BCUT2D eigenvalue weighted by molar-refractivity contribution is 7.89. The van der Waals surface area contributed by atoms with Crippen LogP contribution in [0.2, 0.25) is 5.02 Å². The van der Waals surface area contributed by atoms with E-state index in [0.717, 1.165) is 9.87 Å². The van der Waals surface area contributed by atoms with Crippen LogP contribution in [0.3, 0.4) is 0 Å². The van der Waals surface area contributed by atoms with Gasteiger partial charge in [0, 0.05) is 17.6 Å². The Morgan fingerprint density at radius 3 is 2.30 bits per heavy atom. The number of carbonyl (C=O) groups excluding carboxylic acids is 1. The minimum atomic E-state index is -3.79. The molecule has 6 heteroatoms. The minimum absolute atomic E-state index is 0.0658. The van der Waals surface area contributed by atoms with Crippen molar-refractivity contribution >= 4 is 27.4 Å². The van der Waals surface area contributed by atoms with Crippen LogP contribution in [0.5, 0.6) is 0 Å². The molecule has 122 valence electrons. The van der Waals surface area contributed by atoms with Crippen molar-refractivity contribution in [2.75, 3.05) is 7.05 Å². The molecule has 0 aliphatic heterocycles. The second-order valence-electron chi connectivity index (χ2n) is 5.38. The van der Waals surface area contributed by atoms with E-state index in [-0.39, 0.29) is 10.7 Å². The van der Waals surface area contributed by atoms with Gasteiger partial charge in [-0.2, -0.15) is 4.31 Å². The smallest absolute Gasteiger partial charge is 0.243 e. The molecule has 23 heavy (non-hydrogen) atoms. The Hall–Kier alpha value is -1.69. The van der Waals surface area contributed by atoms with E-state index in [2.05, 4.69) is 0 Å². The number of ketones is 1. The summed E-state index contributed by atoms with van der Waals surface area (Å²) in [5.74, 6) is -0.252. The van der Waals surface area contributed by atoms with Crippen LogP contribution < -0.4 is 0 Å². The molecule has 0 aliphatic rings. The fourth-order valence-corrected chi connectivity index (χ4v) is 3.75. The molecular weight excluding hydrogens is 334 g/mol. The molecule has 0 bridgehead atoms. The number of sulfonamides is 1. The van der Waals surface area contributed by atoms with Crippen molar-refractivity contribution in [3.8, 4) is 0 Å². The normalized spacial score (nSPS) is 13.1. The lowest BCUT2D eigenvalue weighted by Crippen LogP contribution is -2.40. The quantitative estimate of drug-likeness (QED) is 0.774. The first-order valence-electron chi connectivity index (χ1n) is 7.08. The molecule has 1 unspecified atom stereocenters. The first kappa shape index (κ1) is 17.7. The molecule has 0 heterocycles. The van der Waals surface area contributed by atoms with Gasteiger partial charge in [-0.1, -0.05) is 47.5 Å². The summed E-state index contributed by atoms with van der Waals surface area (Å²) in [6, 6.07) is 12.2. The van der Waals surface area contributed by atoms with Crippen molar-refractivity contribution in [3.05, 3.63) is 64.7 Å². The molecule has 0 aliphatic carbocycles. The summed E-state index contributed by atoms with van der Waals surface area (Å²) < 4.78 is 26.3. The predicted molar refractivity (Wildman–Crippen MR) is 91.4 cm³/mol. The van der Waals surface area contributed by atoms with E-state index in [1.165, 1.54) is 19.2 Å². The average molecular weight is 352 g/mol. The topological polar surface area (TPSA) is 54.5 Å². The van der Waals surface area contributed by atoms with E-state index >= 15 is 0 Å². The van der Waals surface area contributed by atoms with Crippen LogP contribution in [0.15, 0.2) is 53.4 Å². The molecule has 0 saturated carbocycles. The summed E-state index contributed by atoms with van der Waals surface area (Å²) >= 11 is 5.86. The number of nitrogens with zero attached hydrogens (tertiary/aromatic N) is 1. The van der Waals surface area contributed by atoms with E-state index in [1.807, 2.05) is 19.1 Å². The average Bonchev–Trinajstić information content (AvgIpc) is 2.53. The third-order valence-electron chi connectivity index (χ3n) is 3.73. The molecular formula is C17H18ClNO3S. The second kappa shape index (κ2) is 6.83. The van der Waals surface area contributed by atoms with E-state index in [9.17, 15) is 13.2 Å². The van der Waals surface area contributed by atoms with Gasteiger partial charge in [0.1, 0.15) is 0 Å². The molecule has 0 saturated heterocycles. The van der Waals surface area contributed by atoms with Crippen LogP contribution in [0.1, 0.15) is 22.8 Å². The van der Waals surface area contributed by atoms with E-state index < -0.39 is 16.1 Å². The molecule has 2 aromatic carbocycles. The van der Waals surface area contributed by atoms with Gasteiger partial charge < -0.3 is 0 Å². The van der Waals surface area contributed by atoms with Gasteiger partial charge in [-0.3, -0.25) is 4.79 Å². The standard InChI is InChI=1S/C17H18ClNO3S/c1-12-7-9-14(10-8-12)17(20)13(2)19(3)23(21,22)16-6-4-5-15(18)11-16/h4-11,13H,1-3H3. The van der Waals surface area contributed by atoms with Crippen molar-refractivity contribution in [2.45, 2.75) is 24.8 Å². The monoisotopic (exact) mass is 351 g/mol. The van der Waals surface area contributed by atoms with Gasteiger partial charge in [0.15, 0.2) is 5.78 Å². The Kier molecular flexibility index (Phi) is 5.24. The minimum Gasteiger partial charge on any atom is -0.292 e. The molecule has 2 rings (SSSR count). The Balaban J connectivity index is 2.29. The second-order valence-corrected chi connectivity index (χ2v) is 7.82. The molecule has 0 spiro atoms. The number of hydrogen-bond donors (Lipinski definition) is 0. The number of likely N-dealkylation sites (N-methyl/N-ethyl adjacent to an activating group) is 1. The van der Waals surface area contributed by atoms with Gasteiger partial charge in [-0.25, -0.2) is 8.42 Å². The molecule has 0 radical (unpaired) electrons. The van der Waals surface area contributed by atoms with Crippen LogP contribution in [0.25, 0.3) is 0 Å². The highest BCUT2D eigenvalue weighted by atomic mass is 35.5. The summed E-state index contributed by atoms with van der Waals surface area (Å²) in [4.78, 5) is 12.6. The first-order valence-corrected chi connectivity index (χ1v) is 8.90. The lowest BCUT2D eigenvalue weighted by atomic mass is 10.0. The first-order chi connectivity index (χ1) is 10.7. The number of rotatable bonds is 5. The van der Waals surface area contributed by atoms with Gasteiger partial charge in [-0.05, 0) is 32.0 Å². The molecule has 4 nitrogen and oxygen atoms in total. The Morgan fingerprint density at radius 1 is 1.13 bits per heavy atom. The van der Waals surface area contributed by atoms with E-state index in [4.69, 9.17) is 11.6 Å². The predicted octanol–water partition coefficient (Wildman–Crippen LogP) is 3.54. The summed E-state index contributed by atoms with van der Waals surface area (Å²) in [5, 5.41) is 0.331. The lowest BCUT2D eigenvalue weighted by Gasteiger charge is -2.23. The van der Waals surface area contributed by atoms with Crippen LogP contribution in [-0.2, 0) is 10.0 Å². The summed E-state index contributed by atoms with van der Waals surface area (Å²) in [6.07, 6.45) is 0. The Bertz CT molecular complexity index is 816. The van der Waals surface area contributed by atoms with Crippen molar-refractivity contribution in [3.63, 3.8) is 0 Å². The summed E-state index contributed by atoms with van der Waals surface area (Å²) in [6.45, 7) is 3.50. The van der Waals surface area contributed by atoms with Gasteiger partial charge in [0.2, 0.25) is 10.0 Å².